The van der Waals surface area contributed by atoms with Gasteiger partial charge in [-0.15, -0.1) is 0 Å². The zero-order valence-corrected chi connectivity index (χ0v) is 11.2. The van der Waals surface area contributed by atoms with Gasteiger partial charge in [0.15, 0.2) is 0 Å². The molecule has 0 aromatic heterocycles. The van der Waals surface area contributed by atoms with Crippen molar-refractivity contribution < 1.29 is 9.90 Å². The number of aliphatic hydroxyl groups is 1. The van der Waals surface area contributed by atoms with Gasteiger partial charge >= 0.3 is 0 Å². The Labute approximate surface area is 109 Å². The highest BCUT2D eigenvalue weighted by molar-refractivity contribution is 5.88. The Morgan fingerprint density at radius 1 is 1.33 bits per heavy atom. The summed E-state index contributed by atoms with van der Waals surface area (Å²) in [6.45, 7) is 5.72. The maximum Gasteiger partial charge on any atom is 0.244 e. The van der Waals surface area contributed by atoms with Crippen LogP contribution in [-0.4, -0.2) is 17.6 Å². The lowest BCUT2D eigenvalue weighted by Gasteiger charge is -2.16. The molecule has 3 heteroatoms. The maximum atomic E-state index is 11.6. The number of rotatable bonds is 5. The molecule has 0 aliphatic heterocycles. The minimum atomic E-state index is -0.348. The Morgan fingerprint density at radius 3 is 2.39 bits per heavy atom. The van der Waals surface area contributed by atoms with Crippen LogP contribution >= 0.6 is 0 Å². The van der Waals surface area contributed by atoms with E-state index < -0.39 is 0 Å². The van der Waals surface area contributed by atoms with Crippen LogP contribution in [0.2, 0.25) is 0 Å². The summed E-state index contributed by atoms with van der Waals surface area (Å²) in [5, 5.41) is 12.1. The molecule has 1 atom stereocenters. The third-order valence-electron chi connectivity index (χ3n) is 2.71. The summed E-state index contributed by atoms with van der Waals surface area (Å²) in [5.41, 5.74) is 3.10. The van der Waals surface area contributed by atoms with E-state index in [1.807, 2.05) is 38.1 Å². The van der Waals surface area contributed by atoms with Gasteiger partial charge in [0.1, 0.15) is 0 Å². The molecule has 0 aliphatic carbocycles. The minimum Gasteiger partial charge on any atom is -0.394 e. The van der Waals surface area contributed by atoms with Crippen LogP contribution in [0.15, 0.2) is 35.9 Å². The van der Waals surface area contributed by atoms with E-state index in [0.717, 1.165) is 17.6 Å². The molecule has 0 spiro atoms. The average Bonchev–Trinajstić information content (AvgIpc) is 2.35. The Morgan fingerprint density at radius 2 is 1.94 bits per heavy atom. The monoisotopic (exact) mass is 247 g/mol. The van der Waals surface area contributed by atoms with Crippen LogP contribution < -0.4 is 5.32 Å². The van der Waals surface area contributed by atoms with Crippen LogP contribution in [0.3, 0.4) is 0 Å². The lowest BCUT2D eigenvalue weighted by molar-refractivity contribution is -0.117. The third-order valence-corrected chi connectivity index (χ3v) is 2.71. The van der Waals surface area contributed by atoms with E-state index in [-0.39, 0.29) is 18.6 Å². The topological polar surface area (TPSA) is 49.3 Å². The molecule has 1 aromatic rings. The lowest BCUT2D eigenvalue weighted by atomic mass is 10.0. The minimum absolute atomic E-state index is 0.103. The molecule has 0 heterocycles. The second-order valence-electron chi connectivity index (χ2n) is 4.56. The van der Waals surface area contributed by atoms with E-state index in [2.05, 4.69) is 12.2 Å². The largest absolute Gasteiger partial charge is 0.394 e. The molecule has 1 aromatic carbocycles. The second kappa shape index (κ2) is 6.97. The van der Waals surface area contributed by atoms with Gasteiger partial charge in [0.05, 0.1) is 12.6 Å². The smallest absolute Gasteiger partial charge is 0.244 e. The molecular weight excluding hydrogens is 226 g/mol. The highest BCUT2D eigenvalue weighted by Crippen LogP contribution is 2.14. The van der Waals surface area contributed by atoms with Gasteiger partial charge in [-0.05, 0) is 31.4 Å². The summed E-state index contributed by atoms with van der Waals surface area (Å²) >= 11 is 0. The van der Waals surface area contributed by atoms with Crippen LogP contribution in [0, 0.1) is 0 Å². The van der Waals surface area contributed by atoms with Gasteiger partial charge in [0.25, 0.3) is 0 Å². The van der Waals surface area contributed by atoms with Crippen LogP contribution in [0.1, 0.15) is 37.9 Å². The Hall–Kier alpha value is -1.61. The highest BCUT2D eigenvalue weighted by Gasteiger charge is 2.11. The van der Waals surface area contributed by atoms with Crippen molar-refractivity contribution in [2.75, 3.05) is 6.61 Å². The van der Waals surface area contributed by atoms with Crippen molar-refractivity contribution in [2.24, 2.45) is 0 Å². The van der Waals surface area contributed by atoms with Gasteiger partial charge in [0, 0.05) is 6.08 Å². The average molecular weight is 247 g/mol. The first kappa shape index (κ1) is 14.5. The number of amides is 1. The fraction of sp³-hybridized carbons (Fsp3) is 0.400. The van der Waals surface area contributed by atoms with Crippen molar-refractivity contribution in [2.45, 2.75) is 33.2 Å². The van der Waals surface area contributed by atoms with Crippen molar-refractivity contribution >= 4 is 5.91 Å². The molecule has 1 unspecified atom stereocenters. The number of nitrogens with one attached hydrogen (secondary N) is 1. The molecule has 0 bridgehead atoms. The molecule has 2 N–H and O–H groups in total. The van der Waals surface area contributed by atoms with E-state index in [0.29, 0.717) is 0 Å². The molecule has 1 rings (SSSR count). The predicted octanol–water partition coefficient (Wildman–Crippen LogP) is 2.36. The zero-order chi connectivity index (χ0) is 13.5. The molecule has 18 heavy (non-hydrogen) atoms. The number of hydrogen-bond donors (Lipinski definition) is 2. The number of carbonyl (C=O) groups is 1. The first-order valence-corrected chi connectivity index (χ1v) is 6.22. The lowest BCUT2D eigenvalue weighted by Crippen LogP contribution is -2.29. The third kappa shape index (κ3) is 4.34. The fourth-order valence-corrected chi connectivity index (χ4v) is 1.70. The van der Waals surface area contributed by atoms with Crippen molar-refractivity contribution in [3.8, 4) is 0 Å². The number of carbonyl (C=O) groups excluding carboxylic acids is 1. The number of aliphatic hydroxyl groups excluding tert-OH is 1. The van der Waals surface area contributed by atoms with Gasteiger partial charge < -0.3 is 10.4 Å². The molecule has 3 nitrogen and oxygen atoms in total. The SMILES string of the molecule is CCc1ccc(C(CO)NC(=O)C=C(C)C)cc1. The standard InChI is InChI=1S/C15H21NO2/c1-4-12-5-7-13(8-6-12)14(10-17)16-15(18)9-11(2)3/h5-9,14,17H,4,10H2,1-3H3,(H,16,18). The van der Waals surface area contributed by atoms with Crippen molar-refractivity contribution in [1.82, 2.24) is 5.32 Å². The van der Waals surface area contributed by atoms with Gasteiger partial charge in [-0.3, -0.25) is 4.79 Å². The predicted molar refractivity (Wildman–Crippen MR) is 73.2 cm³/mol. The summed E-state index contributed by atoms with van der Waals surface area (Å²) < 4.78 is 0. The molecule has 0 aliphatic rings. The van der Waals surface area contributed by atoms with Gasteiger partial charge in [0.2, 0.25) is 5.91 Å². The van der Waals surface area contributed by atoms with Crippen LogP contribution in [0.4, 0.5) is 0 Å². The summed E-state index contributed by atoms with van der Waals surface area (Å²) in [6.07, 6.45) is 2.51. The van der Waals surface area contributed by atoms with E-state index >= 15 is 0 Å². The van der Waals surface area contributed by atoms with Crippen LogP contribution in [0.25, 0.3) is 0 Å². The van der Waals surface area contributed by atoms with Crippen LogP contribution in [-0.2, 0) is 11.2 Å². The van der Waals surface area contributed by atoms with E-state index in [4.69, 9.17) is 0 Å². The summed E-state index contributed by atoms with van der Waals surface area (Å²) in [4.78, 5) is 11.6. The fourth-order valence-electron chi connectivity index (χ4n) is 1.70. The van der Waals surface area contributed by atoms with E-state index in [9.17, 15) is 9.90 Å². The summed E-state index contributed by atoms with van der Waals surface area (Å²) in [6, 6.07) is 7.58. The first-order chi connectivity index (χ1) is 8.56. The molecule has 1 amide bonds. The van der Waals surface area contributed by atoms with Crippen molar-refractivity contribution in [3.05, 3.63) is 47.0 Å². The Balaban J connectivity index is 2.76. The molecule has 0 saturated carbocycles. The summed E-state index contributed by atoms with van der Waals surface area (Å²) in [7, 11) is 0. The number of benzene rings is 1. The zero-order valence-electron chi connectivity index (χ0n) is 11.2. The normalized spacial score (nSPS) is 11.8. The van der Waals surface area contributed by atoms with Crippen molar-refractivity contribution in [1.29, 1.82) is 0 Å². The quantitative estimate of drug-likeness (QED) is 0.785. The summed E-state index contributed by atoms with van der Waals surface area (Å²) in [5.74, 6) is -0.173. The number of hydrogen-bond acceptors (Lipinski definition) is 2. The van der Waals surface area contributed by atoms with E-state index in [1.54, 1.807) is 0 Å². The van der Waals surface area contributed by atoms with Crippen LogP contribution in [0.5, 0.6) is 0 Å². The molecule has 0 saturated heterocycles. The number of allylic oxidation sites excluding steroid dienone is 1. The maximum absolute atomic E-state index is 11.6. The highest BCUT2D eigenvalue weighted by atomic mass is 16.3. The number of aryl methyl sites for hydroxylation is 1. The molecule has 0 fully saturated rings. The second-order valence-corrected chi connectivity index (χ2v) is 4.56. The van der Waals surface area contributed by atoms with E-state index in [1.165, 1.54) is 11.6 Å². The van der Waals surface area contributed by atoms with Gasteiger partial charge in [-0.1, -0.05) is 36.8 Å². The molecule has 0 radical (unpaired) electrons. The first-order valence-electron chi connectivity index (χ1n) is 6.22. The van der Waals surface area contributed by atoms with Crippen molar-refractivity contribution in [3.63, 3.8) is 0 Å². The van der Waals surface area contributed by atoms with Gasteiger partial charge in [-0.25, -0.2) is 0 Å². The Kier molecular flexibility index (Phi) is 5.59. The molecule has 98 valence electrons. The molecular formula is C15H21NO2. The Bertz CT molecular complexity index is 417. The van der Waals surface area contributed by atoms with Gasteiger partial charge in [-0.2, -0.15) is 0 Å².